The van der Waals surface area contributed by atoms with Crippen LogP contribution < -0.4 is 5.73 Å². The predicted octanol–water partition coefficient (Wildman–Crippen LogP) is 1.20. The normalized spacial score (nSPS) is 30.9. The lowest BCUT2D eigenvalue weighted by Gasteiger charge is -2.47. The molecule has 4 heteroatoms. The van der Waals surface area contributed by atoms with Gasteiger partial charge in [-0.1, -0.05) is 6.42 Å². The maximum Gasteiger partial charge on any atom is 0.222 e. The Kier molecular flexibility index (Phi) is 4.62. The first-order valence-electron chi connectivity index (χ1n) is 7.37. The Balaban J connectivity index is 1.90. The van der Waals surface area contributed by atoms with Crippen LogP contribution in [-0.4, -0.2) is 53.5 Å². The Labute approximate surface area is 110 Å². The van der Waals surface area contributed by atoms with Crippen molar-refractivity contribution in [3.8, 4) is 0 Å². The second-order valence-corrected chi connectivity index (χ2v) is 6.06. The minimum absolute atomic E-state index is 0.125. The van der Waals surface area contributed by atoms with Gasteiger partial charge in [0.1, 0.15) is 0 Å². The molecule has 0 saturated carbocycles. The minimum atomic E-state index is 0.125. The topological polar surface area (TPSA) is 49.6 Å². The number of hydrogen-bond donors (Lipinski definition) is 1. The first-order chi connectivity index (χ1) is 8.58. The quantitative estimate of drug-likeness (QED) is 0.822. The molecule has 0 bridgehead atoms. The van der Waals surface area contributed by atoms with Crippen LogP contribution in [0.3, 0.4) is 0 Å². The van der Waals surface area contributed by atoms with E-state index in [0.717, 1.165) is 19.5 Å². The van der Waals surface area contributed by atoms with E-state index >= 15 is 0 Å². The van der Waals surface area contributed by atoms with Crippen LogP contribution in [0, 0.1) is 0 Å². The molecule has 2 aliphatic rings. The fourth-order valence-electron chi connectivity index (χ4n) is 3.19. The van der Waals surface area contributed by atoms with Gasteiger partial charge in [-0.25, -0.2) is 0 Å². The summed E-state index contributed by atoms with van der Waals surface area (Å²) >= 11 is 0. The summed E-state index contributed by atoms with van der Waals surface area (Å²) in [5, 5.41) is 0. The van der Waals surface area contributed by atoms with Crippen LogP contribution in [0.2, 0.25) is 0 Å². The van der Waals surface area contributed by atoms with Crippen LogP contribution in [-0.2, 0) is 4.79 Å². The van der Waals surface area contributed by atoms with Crippen molar-refractivity contribution >= 4 is 5.91 Å². The van der Waals surface area contributed by atoms with Gasteiger partial charge in [-0.3, -0.25) is 9.69 Å². The number of carbonyl (C=O) groups is 1. The van der Waals surface area contributed by atoms with Crippen molar-refractivity contribution in [1.82, 2.24) is 9.80 Å². The Morgan fingerprint density at radius 3 is 2.89 bits per heavy atom. The molecule has 18 heavy (non-hydrogen) atoms. The van der Waals surface area contributed by atoms with E-state index in [1.54, 1.807) is 0 Å². The highest BCUT2D eigenvalue weighted by Crippen LogP contribution is 2.24. The van der Waals surface area contributed by atoms with Gasteiger partial charge in [-0.15, -0.1) is 0 Å². The largest absolute Gasteiger partial charge is 0.337 e. The van der Waals surface area contributed by atoms with E-state index in [-0.39, 0.29) is 6.04 Å². The molecule has 2 heterocycles. The van der Waals surface area contributed by atoms with E-state index in [0.29, 0.717) is 24.4 Å². The molecular weight excluding hydrogens is 226 g/mol. The third kappa shape index (κ3) is 3.23. The van der Waals surface area contributed by atoms with Gasteiger partial charge in [0.05, 0.1) is 0 Å². The molecule has 104 valence electrons. The summed E-state index contributed by atoms with van der Waals surface area (Å²) in [4.78, 5) is 16.9. The maximum absolute atomic E-state index is 12.2. The molecule has 0 aromatic heterocycles. The van der Waals surface area contributed by atoms with E-state index in [9.17, 15) is 4.79 Å². The number of amides is 1. The number of rotatable bonds is 3. The molecule has 3 unspecified atom stereocenters. The summed E-state index contributed by atoms with van der Waals surface area (Å²) in [6.07, 6.45) is 5.30. The zero-order chi connectivity index (χ0) is 13.1. The average Bonchev–Trinajstić information content (AvgIpc) is 2.35. The second kappa shape index (κ2) is 6.02. The summed E-state index contributed by atoms with van der Waals surface area (Å²) in [6, 6.07) is 1.09. The lowest BCUT2D eigenvalue weighted by atomic mass is 9.96. The zero-order valence-corrected chi connectivity index (χ0v) is 11.8. The third-order valence-electron chi connectivity index (χ3n) is 4.32. The third-order valence-corrected chi connectivity index (χ3v) is 4.32. The van der Waals surface area contributed by atoms with Gasteiger partial charge in [-0.05, 0) is 39.7 Å². The molecule has 2 rings (SSSR count). The fraction of sp³-hybridized carbons (Fsp3) is 0.929. The molecule has 0 spiro atoms. The average molecular weight is 253 g/mol. The Morgan fingerprint density at radius 1 is 1.39 bits per heavy atom. The smallest absolute Gasteiger partial charge is 0.222 e. The first kappa shape index (κ1) is 13.8. The number of nitrogens with two attached hydrogens (primary N) is 1. The summed E-state index contributed by atoms with van der Waals surface area (Å²) < 4.78 is 0. The molecule has 2 aliphatic heterocycles. The van der Waals surface area contributed by atoms with Crippen LogP contribution in [0.5, 0.6) is 0 Å². The fourth-order valence-corrected chi connectivity index (χ4v) is 3.19. The van der Waals surface area contributed by atoms with E-state index < -0.39 is 0 Å². The summed E-state index contributed by atoms with van der Waals surface area (Å²) in [6.45, 7) is 7.34. The molecule has 0 aromatic rings. The molecular formula is C14H27N3O. The van der Waals surface area contributed by atoms with Gasteiger partial charge < -0.3 is 10.6 Å². The van der Waals surface area contributed by atoms with Gasteiger partial charge in [0.15, 0.2) is 0 Å². The van der Waals surface area contributed by atoms with E-state index in [4.69, 9.17) is 5.73 Å². The highest BCUT2D eigenvalue weighted by atomic mass is 16.2. The number of piperidine rings is 1. The van der Waals surface area contributed by atoms with Crippen molar-refractivity contribution in [2.75, 3.05) is 19.6 Å². The zero-order valence-electron chi connectivity index (χ0n) is 11.8. The summed E-state index contributed by atoms with van der Waals surface area (Å²) in [5.41, 5.74) is 5.73. The van der Waals surface area contributed by atoms with Crippen LogP contribution in [0.4, 0.5) is 0 Å². The van der Waals surface area contributed by atoms with Gasteiger partial charge in [0, 0.05) is 37.6 Å². The Morgan fingerprint density at radius 2 is 2.17 bits per heavy atom. The highest BCUT2D eigenvalue weighted by molar-refractivity contribution is 5.76. The van der Waals surface area contributed by atoms with Crippen LogP contribution in [0.1, 0.15) is 46.0 Å². The van der Waals surface area contributed by atoms with Crippen molar-refractivity contribution in [2.45, 2.75) is 64.1 Å². The van der Waals surface area contributed by atoms with Crippen molar-refractivity contribution in [1.29, 1.82) is 0 Å². The van der Waals surface area contributed by atoms with Gasteiger partial charge in [-0.2, -0.15) is 0 Å². The second-order valence-electron chi connectivity index (χ2n) is 6.06. The van der Waals surface area contributed by atoms with Crippen LogP contribution in [0.25, 0.3) is 0 Å². The maximum atomic E-state index is 12.2. The highest BCUT2D eigenvalue weighted by Gasteiger charge is 2.34. The van der Waals surface area contributed by atoms with Crippen molar-refractivity contribution in [2.24, 2.45) is 5.73 Å². The van der Waals surface area contributed by atoms with E-state index in [2.05, 4.69) is 16.7 Å². The number of hydrogen-bond acceptors (Lipinski definition) is 3. The minimum Gasteiger partial charge on any atom is -0.337 e. The van der Waals surface area contributed by atoms with E-state index in [1.165, 1.54) is 25.8 Å². The van der Waals surface area contributed by atoms with E-state index in [1.807, 2.05) is 6.92 Å². The molecule has 2 saturated heterocycles. The number of piperazine rings is 1. The van der Waals surface area contributed by atoms with Crippen molar-refractivity contribution in [3.05, 3.63) is 0 Å². The SMILES string of the molecule is CC(N)CCC(=O)N1CC2CCCCN2CC1C. The molecule has 1 amide bonds. The molecule has 3 atom stereocenters. The monoisotopic (exact) mass is 253 g/mol. The van der Waals surface area contributed by atoms with Gasteiger partial charge in [0.2, 0.25) is 5.91 Å². The number of carbonyl (C=O) groups excluding carboxylic acids is 1. The lowest BCUT2D eigenvalue weighted by molar-refractivity contribution is -0.138. The number of fused-ring (bicyclic) bond motifs is 1. The molecule has 4 nitrogen and oxygen atoms in total. The number of nitrogens with zero attached hydrogens (tertiary/aromatic N) is 2. The molecule has 0 aliphatic carbocycles. The summed E-state index contributed by atoms with van der Waals surface area (Å²) in [5.74, 6) is 0.296. The van der Waals surface area contributed by atoms with Crippen molar-refractivity contribution < 1.29 is 4.79 Å². The Bertz CT molecular complexity index is 293. The predicted molar refractivity (Wildman–Crippen MR) is 73.3 cm³/mol. The molecule has 2 fully saturated rings. The van der Waals surface area contributed by atoms with Crippen molar-refractivity contribution in [3.63, 3.8) is 0 Å². The van der Waals surface area contributed by atoms with Gasteiger partial charge >= 0.3 is 0 Å². The van der Waals surface area contributed by atoms with Crippen LogP contribution >= 0.6 is 0 Å². The molecule has 0 radical (unpaired) electrons. The molecule has 2 N–H and O–H groups in total. The lowest BCUT2D eigenvalue weighted by Crippen LogP contribution is -2.60. The molecule has 0 aromatic carbocycles. The Hall–Kier alpha value is -0.610. The van der Waals surface area contributed by atoms with Gasteiger partial charge in [0.25, 0.3) is 0 Å². The standard InChI is InChI=1S/C14H27N3O/c1-11(15)6-7-14(18)17-10-13-5-3-4-8-16(13)9-12(17)2/h11-13H,3-10,15H2,1-2H3. The first-order valence-corrected chi connectivity index (χ1v) is 7.37. The summed E-state index contributed by atoms with van der Waals surface area (Å²) in [7, 11) is 0. The van der Waals surface area contributed by atoms with Crippen LogP contribution in [0.15, 0.2) is 0 Å².